The lowest BCUT2D eigenvalue weighted by molar-refractivity contribution is 0.0977. The molecule has 0 saturated heterocycles. The fourth-order valence-corrected chi connectivity index (χ4v) is 2.29. The molecule has 126 valence electrons. The van der Waals surface area contributed by atoms with E-state index in [2.05, 4.69) is 10.6 Å². The van der Waals surface area contributed by atoms with E-state index < -0.39 is 0 Å². The van der Waals surface area contributed by atoms with Crippen LogP contribution in [-0.2, 0) is 0 Å². The number of nitrogens with one attached hydrogen (secondary N) is 2. The van der Waals surface area contributed by atoms with E-state index >= 15 is 0 Å². The lowest BCUT2D eigenvalue weighted by Gasteiger charge is -2.15. The van der Waals surface area contributed by atoms with Crippen LogP contribution < -0.4 is 24.8 Å². The van der Waals surface area contributed by atoms with Crippen LogP contribution in [0.25, 0.3) is 0 Å². The first-order valence-corrected chi connectivity index (χ1v) is 7.47. The highest BCUT2D eigenvalue weighted by Gasteiger charge is 2.14. The Hall–Kier alpha value is -2.80. The summed E-state index contributed by atoms with van der Waals surface area (Å²) >= 11 is 5.18. The van der Waals surface area contributed by atoms with Gasteiger partial charge in [-0.05, 0) is 24.4 Å². The molecule has 24 heavy (non-hydrogen) atoms. The average molecular weight is 346 g/mol. The standard InChI is InChI=1S/C17H18N2O4S/c1-21-13-9-12(10-14(22-2)15(13)23-3)18-17(24)19-16(20)11-7-5-4-6-8-11/h4-10H,1-3H3,(H2,18,19,20,24). The van der Waals surface area contributed by atoms with Crippen LogP contribution in [0.1, 0.15) is 10.4 Å². The fourth-order valence-electron chi connectivity index (χ4n) is 2.08. The molecule has 0 bridgehead atoms. The normalized spacial score (nSPS) is 9.79. The summed E-state index contributed by atoms with van der Waals surface area (Å²) in [5.74, 6) is 1.15. The highest BCUT2D eigenvalue weighted by molar-refractivity contribution is 7.80. The quantitative estimate of drug-likeness (QED) is 0.812. The molecular formula is C17H18N2O4S. The summed E-state index contributed by atoms with van der Waals surface area (Å²) in [6.45, 7) is 0. The number of thiocarbonyl (C=S) groups is 1. The maximum absolute atomic E-state index is 12.1. The van der Waals surface area contributed by atoms with Crippen molar-refractivity contribution in [2.45, 2.75) is 0 Å². The molecule has 1 amide bonds. The number of ether oxygens (including phenoxy) is 3. The van der Waals surface area contributed by atoms with Crippen LogP contribution in [-0.4, -0.2) is 32.3 Å². The van der Waals surface area contributed by atoms with Crippen molar-refractivity contribution in [2.24, 2.45) is 0 Å². The SMILES string of the molecule is COc1cc(NC(=S)NC(=O)c2ccccc2)cc(OC)c1OC. The van der Waals surface area contributed by atoms with Gasteiger partial charge in [0.05, 0.1) is 21.3 Å². The van der Waals surface area contributed by atoms with Gasteiger partial charge in [0.2, 0.25) is 5.75 Å². The molecule has 0 aliphatic carbocycles. The Morgan fingerprint density at radius 1 is 0.958 bits per heavy atom. The van der Waals surface area contributed by atoms with Crippen molar-refractivity contribution in [3.63, 3.8) is 0 Å². The Morgan fingerprint density at radius 2 is 1.54 bits per heavy atom. The summed E-state index contributed by atoms with van der Waals surface area (Å²) in [7, 11) is 4.57. The topological polar surface area (TPSA) is 68.8 Å². The molecule has 0 atom stereocenters. The second-order valence-electron chi connectivity index (χ2n) is 4.69. The van der Waals surface area contributed by atoms with Gasteiger partial charge in [0.1, 0.15) is 0 Å². The van der Waals surface area contributed by atoms with E-state index in [0.717, 1.165) is 0 Å². The first-order valence-electron chi connectivity index (χ1n) is 7.06. The third kappa shape index (κ3) is 4.14. The third-order valence-corrected chi connectivity index (χ3v) is 3.39. The zero-order valence-corrected chi connectivity index (χ0v) is 14.4. The van der Waals surface area contributed by atoms with Crippen molar-refractivity contribution in [3.8, 4) is 17.2 Å². The number of hydrogen-bond donors (Lipinski definition) is 2. The van der Waals surface area contributed by atoms with Crippen molar-refractivity contribution in [1.82, 2.24) is 5.32 Å². The van der Waals surface area contributed by atoms with Crippen LogP contribution in [0.2, 0.25) is 0 Å². The Morgan fingerprint density at radius 3 is 2.04 bits per heavy atom. The van der Waals surface area contributed by atoms with Gasteiger partial charge in [0.25, 0.3) is 5.91 Å². The Balaban J connectivity index is 2.13. The van der Waals surface area contributed by atoms with Crippen molar-refractivity contribution in [2.75, 3.05) is 26.6 Å². The van der Waals surface area contributed by atoms with Crippen molar-refractivity contribution in [1.29, 1.82) is 0 Å². The molecule has 0 aliphatic rings. The van der Waals surface area contributed by atoms with Crippen molar-refractivity contribution >= 4 is 28.9 Å². The van der Waals surface area contributed by atoms with E-state index in [1.807, 2.05) is 6.07 Å². The van der Waals surface area contributed by atoms with Crippen molar-refractivity contribution < 1.29 is 19.0 Å². The monoisotopic (exact) mass is 346 g/mol. The number of anilines is 1. The Bertz CT molecular complexity index is 710. The first kappa shape index (κ1) is 17.6. The van der Waals surface area contributed by atoms with Gasteiger partial charge in [-0.2, -0.15) is 0 Å². The van der Waals surface area contributed by atoms with E-state index in [-0.39, 0.29) is 11.0 Å². The van der Waals surface area contributed by atoms with E-state index in [1.165, 1.54) is 21.3 Å². The molecule has 0 aromatic heterocycles. The number of rotatable bonds is 5. The molecule has 2 N–H and O–H groups in total. The Kier molecular flexibility index (Phi) is 5.97. The molecule has 2 aromatic rings. The maximum Gasteiger partial charge on any atom is 0.257 e. The Labute approximate surface area is 145 Å². The second-order valence-corrected chi connectivity index (χ2v) is 5.10. The van der Waals surface area contributed by atoms with Gasteiger partial charge in [0.15, 0.2) is 16.6 Å². The molecule has 0 radical (unpaired) electrons. The summed E-state index contributed by atoms with van der Waals surface area (Å²) in [6, 6.07) is 12.2. The summed E-state index contributed by atoms with van der Waals surface area (Å²) < 4.78 is 15.8. The van der Waals surface area contributed by atoms with Gasteiger partial charge in [-0.15, -0.1) is 0 Å². The molecule has 6 nitrogen and oxygen atoms in total. The van der Waals surface area contributed by atoms with Gasteiger partial charge >= 0.3 is 0 Å². The van der Waals surface area contributed by atoms with E-state index in [0.29, 0.717) is 28.5 Å². The number of methoxy groups -OCH3 is 3. The number of carbonyl (C=O) groups excluding carboxylic acids is 1. The van der Waals surface area contributed by atoms with Crippen LogP contribution in [0.15, 0.2) is 42.5 Å². The molecule has 2 rings (SSSR count). The minimum atomic E-state index is -0.291. The molecule has 2 aromatic carbocycles. The summed E-state index contributed by atoms with van der Waals surface area (Å²) in [5.41, 5.74) is 1.12. The number of carbonyl (C=O) groups is 1. The predicted molar refractivity (Wildman–Crippen MR) is 96.2 cm³/mol. The molecule has 7 heteroatoms. The number of benzene rings is 2. The van der Waals surface area contributed by atoms with Gasteiger partial charge in [-0.1, -0.05) is 18.2 Å². The zero-order chi connectivity index (χ0) is 17.5. The van der Waals surface area contributed by atoms with E-state index in [1.54, 1.807) is 36.4 Å². The molecule has 0 saturated carbocycles. The predicted octanol–water partition coefficient (Wildman–Crippen LogP) is 2.84. The number of amides is 1. The molecule has 0 heterocycles. The minimum absolute atomic E-state index is 0.165. The summed E-state index contributed by atoms with van der Waals surface area (Å²) in [5, 5.41) is 5.71. The van der Waals surface area contributed by atoms with Gasteiger partial charge in [0, 0.05) is 23.4 Å². The van der Waals surface area contributed by atoms with Gasteiger partial charge in [-0.3, -0.25) is 10.1 Å². The molecule has 0 unspecified atom stereocenters. The highest BCUT2D eigenvalue weighted by atomic mass is 32.1. The molecule has 0 fully saturated rings. The average Bonchev–Trinajstić information content (AvgIpc) is 2.61. The minimum Gasteiger partial charge on any atom is -0.493 e. The molecule has 0 aliphatic heterocycles. The second kappa shape index (κ2) is 8.16. The van der Waals surface area contributed by atoms with Crippen LogP contribution in [0.4, 0.5) is 5.69 Å². The van der Waals surface area contributed by atoms with Crippen LogP contribution in [0.3, 0.4) is 0 Å². The largest absolute Gasteiger partial charge is 0.493 e. The van der Waals surface area contributed by atoms with Crippen LogP contribution in [0, 0.1) is 0 Å². The molecule has 0 spiro atoms. The summed E-state index contributed by atoms with van der Waals surface area (Å²) in [4.78, 5) is 12.1. The lowest BCUT2D eigenvalue weighted by Crippen LogP contribution is -2.34. The van der Waals surface area contributed by atoms with Gasteiger partial charge in [-0.25, -0.2) is 0 Å². The van der Waals surface area contributed by atoms with Crippen molar-refractivity contribution in [3.05, 3.63) is 48.0 Å². The number of hydrogen-bond acceptors (Lipinski definition) is 5. The maximum atomic E-state index is 12.1. The van der Waals surface area contributed by atoms with Crippen LogP contribution >= 0.6 is 12.2 Å². The van der Waals surface area contributed by atoms with E-state index in [4.69, 9.17) is 26.4 Å². The van der Waals surface area contributed by atoms with Gasteiger partial charge < -0.3 is 19.5 Å². The molecular weight excluding hydrogens is 328 g/mol. The fraction of sp³-hybridized carbons (Fsp3) is 0.176. The van der Waals surface area contributed by atoms with Crippen LogP contribution in [0.5, 0.6) is 17.2 Å². The first-order chi connectivity index (χ1) is 11.6. The summed E-state index contributed by atoms with van der Waals surface area (Å²) in [6.07, 6.45) is 0. The lowest BCUT2D eigenvalue weighted by atomic mass is 10.2. The zero-order valence-electron chi connectivity index (χ0n) is 13.6. The van der Waals surface area contributed by atoms with E-state index in [9.17, 15) is 4.79 Å². The smallest absolute Gasteiger partial charge is 0.257 e. The highest BCUT2D eigenvalue weighted by Crippen LogP contribution is 2.39. The third-order valence-electron chi connectivity index (χ3n) is 3.19.